The molecule has 0 aromatic heterocycles. The third kappa shape index (κ3) is 3.03. The highest BCUT2D eigenvalue weighted by atomic mass is 35.5. The molecule has 0 atom stereocenters. The van der Waals surface area contributed by atoms with Gasteiger partial charge < -0.3 is 5.73 Å². The molecule has 1 amide bonds. The predicted molar refractivity (Wildman–Crippen MR) is 58.8 cm³/mol. The molecular weight excluding hydrogens is 241 g/mol. The average molecular weight is 248 g/mol. The molecule has 0 aliphatic rings. The number of nitrogens with one attached hydrogen (secondary N) is 2. The molecule has 4 nitrogen and oxygen atoms in total. The molecule has 0 heterocycles. The minimum atomic E-state index is -0.790. The van der Waals surface area contributed by atoms with Crippen molar-refractivity contribution < 1.29 is 9.18 Å². The monoisotopic (exact) mass is 247 g/mol. The van der Waals surface area contributed by atoms with E-state index in [4.69, 9.17) is 17.3 Å². The number of rotatable bonds is 1. The number of hydrogen-bond donors (Lipinski definition) is 3. The maximum atomic E-state index is 13.3. The minimum Gasteiger partial charge on any atom is -0.375 e. The van der Waals surface area contributed by atoms with Crippen LogP contribution in [0, 0.1) is 5.82 Å². The Bertz CT molecular complexity index is 413. The van der Waals surface area contributed by atoms with Crippen molar-refractivity contribution in [2.45, 2.75) is 0 Å². The molecule has 1 aromatic carbocycles. The minimum absolute atomic E-state index is 0.120. The topological polar surface area (TPSA) is 67.2 Å². The molecule has 0 spiro atoms. The van der Waals surface area contributed by atoms with Crippen LogP contribution in [0.25, 0.3) is 0 Å². The zero-order valence-corrected chi connectivity index (χ0v) is 8.95. The van der Waals surface area contributed by atoms with Crippen molar-refractivity contribution in [1.82, 2.24) is 10.9 Å². The third-order valence-corrected chi connectivity index (χ3v) is 1.89. The number of carbonyl (C=O) groups excluding carboxylic acids is 1. The second-order valence-electron chi connectivity index (χ2n) is 2.54. The van der Waals surface area contributed by atoms with Gasteiger partial charge in [-0.1, -0.05) is 17.7 Å². The van der Waals surface area contributed by atoms with Crippen molar-refractivity contribution in [3.05, 3.63) is 34.6 Å². The van der Waals surface area contributed by atoms with E-state index in [0.717, 1.165) is 0 Å². The Kier molecular flexibility index (Phi) is 3.81. The number of amides is 1. The molecule has 0 fully saturated rings. The number of hydrogen-bond acceptors (Lipinski definition) is 2. The Morgan fingerprint density at radius 1 is 1.47 bits per heavy atom. The zero-order valence-electron chi connectivity index (χ0n) is 7.38. The van der Waals surface area contributed by atoms with Crippen LogP contribution in [0.1, 0.15) is 10.4 Å². The van der Waals surface area contributed by atoms with Gasteiger partial charge in [0.05, 0.1) is 10.6 Å². The van der Waals surface area contributed by atoms with Gasteiger partial charge in [0.15, 0.2) is 10.9 Å². The van der Waals surface area contributed by atoms with E-state index in [0.29, 0.717) is 0 Å². The highest BCUT2D eigenvalue weighted by molar-refractivity contribution is 7.80. The molecule has 0 radical (unpaired) electrons. The molecule has 80 valence electrons. The van der Waals surface area contributed by atoms with Crippen LogP contribution in [0.15, 0.2) is 18.2 Å². The van der Waals surface area contributed by atoms with Crippen LogP contribution < -0.4 is 16.6 Å². The maximum absolute atomic E-state index is 13.3. The first-order valence-corrected chi connectivity index (χ1v) is 4.61. The fourth-order valence-electron chi connectivity index (χ4n) is 0.865. The number of carbonyl (C=O) groups is 1. The van der Waals surface area contributed by atoms with Gasteiger partial charge in [0, 0.05) is 0 Å². The number of nitrogens with two attached hydrogens (primary N) is 1. The van der Waals surface area contributed by atoms with E-state index in [2.05, 4.69) is 23.1 Å². The first kappa shape index (κ1) is 11.7. The summed E-state index contributed by atoms with van der Waals surface area (Å²) in [6.07, 6.45) is 0. The molecule has 0 unspecified atom stereocenters. The van der Waals surface area contributed by atoms with Gasteiger partial charge in [-0.25, -0.2) is 4.39 Å². The fourth-order valence-corrected chi connectivity index (χ4v) is 1.09. The van der Waals surface area contributed by atoms with Gasteiger partial charge in [-0.3, -0.25) is 15.6 Å². The van der Waals surface area contributed by atoms with Crippen LogP contribution in [0.5, 0.6) is 0 Å². The van der Waals surface area contributed by atoms with Gasteiger partial charge in [-0.05, 0) is 24.4 Å². The first-order valence-electron chi connectivity index (χ1n) is 3.82. The fraction of sp³-hybridized carbons (Fsp3) is 0. The van der Waals surface area contributed by atoms with E-state index in [1.165, 1.54) is 18.2 Å². The average Bonchev–Trinajstić information content (AvgIpc) is 2.18. The summed E-state index contributed by atoms with van der Waals surface area (Å²) in [5, 5.41) is -0.247. The summed E-state index contributed by atoms with van der Waals surface area (Å²) < 4.78 is 13.3. The standard InChI is InChI=1S/C8H7ClFN3OS/c9-5-3-1-2-4(6(5)10)7(14)12-13-8(11)15/h1-3H,(H,12,14)(H3,11,13,15). The largest absolute Gasteiger partial charge is 0.375 e. The Morgan fingerprint density at radius 2 is 2.13 bits per heavy atom. The molecule has 0 bridgehead atoms. The second-order valence-corrected chi connectivity index (χ2v) is 3.39. The summed E-state index contributed by atoms with van der Waals surface area (Å²) in [7, 11) is 0. The Balaban J connectivity index is 2.82. The van der Waals surface area contributed by atoms with Crippen molar-refractivity contribution in [2.75, 3.05) is 0 Å². The first-order chi connectivity index (χ1) is 7.02. The van der Waals surface area contributed by atoms with Crippen LogP contribution in [-0.4, -0.2) is 11.0 Å². The van der Waals surface area contributed by atoms with Gasteiger partial charge in [-0.15, -0.1) is 0 Å². The Labute approximate surface area is 95.6 Å². The van der Waals surface area contributed by atoms with Gasteiger partial charge >= 0.3 is 0 Å². The zero-order chi connectivity index (χ0) is 11.4. The quantitative estimate of drug-likeness (QED) is 0.511. The lowest BCUT2D eigenvalue weighted by atomic mass is 10.2. The van der Waals surface area contributed by atoms with Crippen molar-refractivity contribution in [3.63, 3.8) is 0 Å². The van der Waals surface area contributed by atoms with Gasteiger partial charge in [-0.2, -0.15) is 0 Å². The van der Waals surface area contributed by atoms with E-state index in [9.17, 15) is 9.18 Å². The van der Waals surface area contributed by atoms with Crippen LogP contribution in [0.2, 0.25) is 5.02 Å². The lowest BCUT2D eigenvalue weighted by Gasteiger charge is -2.07. The highest BCUT2D eigenvalue weighted by Gasteiger charge is 2.13. The molecule has 7 heteroatoms. The van der Waals surface area contributed by atoms with Gasteiger partial charge in [0.25, 0.3) is 5.91 Å². The third-order valence-electron chi connectivity index (χ3n) is 1.50. The Morgan fingerprint density at radius 3 is 2.73 bits per heavy atom. The smallest absolute Gasteiger partial charge is 0.272 e. The molecule has 0 saturated heterocycles. The summed E-state index contributed by atoms with van der Waals surface area (Å²) in [5.74, 6) is -1.50. The van der Waals surface area contributed by atoms with Crippen LogP contribution >= 0.6 is 23.8 Å². The molecule has 4 N–H and O–H groups in total. The highest BCUT2D eigenvalue weighted by Crippen LogP contribution is 2.17. The molecule has 15 heavy (non-hydrogen) atoms. The van der Waals surface area contributed by atoms with Gasteiger partial charge in [0.1, 0.15) is 0 Å². The predicted octanol–water partition coefficient (Wildman–Crippen LogP) is 0.957. The number of hydrazine groups is 1. The maximum Gasteiger partial charge on any atom is 0.272 e. The van der Waals surface area contributed by atoms with Gasteiger partial charge in [0.2, 0.25) is 0 Å². The normalized spacial score (nSPS) is 9.47. The SMILES string of the molecule is NC(=S)NNC(=O)c1cccc(Cl)c1F. The van der Waals surface area contributed by atoms with Crippen LogP contribution in [0.3, 0.4) is 0 Å². The van der Waals surface area contributed by atoms with Crippen molar-refractivity contribution in [3.8, 4) is 0 Å². The Hall–Kier alpha value is -1.40. The molecule has 1 rings (SSSR count). The van der Waals surface area contributed by atoms with E-state index < -0.39 is 11.7 Å². The van der Waals surface area contributed by atoms with Crippen molar-refractivity contribution in [2.24, 2.45) is 5.73 Å². The molecule has 0 aliphatic carbocycles. The van der Waals surface area contributed by atoms with E-state index >= 15 is 0 Å². The van der Waals surface area contributed by atoms with E-state index in [1.807, 2.05) is 0 Å². The summed E-state index contributed by atoms with van der Waals surface area (Å²) in [6, 6.07) is 4.09. The second kappa shape index (κ2) is 4.90. The molecular formula is C8H7ClFN3OS. The molecule has 0 saturated carbocycles. The number of thiocarbonyl (C=S) groups is 1. The summed E-state index contributed by atoms with van der Waals surface area (Å²) in [5.41, 5.74) is 9.19. The number of halogens is 2. The number of benzene rings is 1. The van der Waals surface area contributed by atoms with Crippen LogP contribution in [-0.2, 0) is 0 Å². The van der Waals surface area contributed by atoms with Crippen LogP contribution in [0.4, 0.5) is 4.39 Å². The molecule has 0 aliphatic heterocycles. The lowest BCUT2D eigenvalue weighted by Crippen LogP contribution is -2.44. The summed E-state index contributed by atoms with van der Waals surface area (Å²) in [4.78, 5) is 11.3. The van der Waals surface area contributed by atoms with E-state index in [-0.39, 0.29) is 15.7 Å². The summed E-state index contributed by atoms with van der Waals surface area (Å²) >= 11 is 9.95. The van der Waals surface area contributed by atoms with Crippen molar-refractivity contribution >= 4 is 34.8 Å². The van der Waals surface area contributed by atoms with Crippen molar-refractivity contribution in [1.29, 1.82) is 0 Å². The van der Waals surface area contributed by atoms with E-state index in [1.54, 1.807) is 0 Å². The molecule has 1 aromatic rings. The lowest BCUT2D eigenvalue weighted by molar-refractivity contribution is 0.0940. The summed E-state index contributed by atoms with van der Waals surface area (Å²) in [6.45, 7) is 0.